The molecule has 0 saturated heterocycles. The van der Waals surface area contributed by atoms with E-state index in [1.54, 1.807) is 0 Å². The third-order valence-corrected chi connectivity index (χ3v) is 3.19. The minimum absolute atomic E-state index is 0.644. The monoisotopic (exact) mass is 218 g/mol. The van der Waals surface area contributed by atoms with Crippen LogP contribution in [0.2, 0.25) is 0 Å². The Morgan fingerprint density at radius 1 is 1.31 bits per heavy atom. The quantitative estimate of drug-likeness (QED) is 0.795. The fourth-order valence-electron chi connectivity index (χ4n) is 2.21. The number of nitrogens with two attached hydrogens (primary N) is 1. The number of nitrogens with zero attached hydrogens (tertiary/aromatic N) is 1. The normalized spacial score (nSPS) is 15.7. The van der Waals surface area contributed by atoms with Crippen molar-refractivity contribution < 1.29 is 0 Å². The Labute approximate surface area is 98.4 Å². The first-order valence-corrected chi connectivity index (χ1v) is 6.35. The van der Waals surface area contributed by atoms with E-state index in [0.717, 1.165) is 12.6 Å². The molecule has 0 radical (unpaired) electrons. The first-order valence-electron chi connectivity index (χ1n) is 6.35. The molecule has 1 fully saturated rings. The van der Waals surface area contributed by atoms with Crippen molar-refractivity contribution in [3.63, 3.8) is 0 Å². The van der Waals surface area contributed by atoms with Crippen molar-refractivity contribution in [3.05, 3.63) is 35.4 Å². The van der Waals surface area contributed by atoms with E-state index in [4.69, 9.17) is 5.73 Å². The summed E-state index contributed by atoms with van der Waals surface area (Å²) in [6, 6.07) is 9.52. The van der Waals surface area contributed by atoms with Crippen molar-refractivity contribution in [1.29, 1.82) is 0 Å². The van der Waals surface area contributed by atoms with Crippen molar-refractivity contribution in [2.45, 2.75) is 45.3 Å². The maximum atomic E-state index is 5.67. The van der Waals surface area contributed by atoms with E-state index in [1.807, 2.05) is 0 Å². The fraction of sp³-hybridized carbons (Fsp3) is 0.571. The number of rotatable bonds is 6. The van der Waals surface area contributed by atoms with Crippen LogP contribution >= 0.6 is 0 Å². The maximum absolute atomic E-state index is 5.67. The van der Waals surface area contributed by atoms with Gasteiger partial charge in [0.15, 0.2) is 0 Å². The van der Waals surface area contributed by atoms with Crippen LogP contribution in [0.4, 0.5) is 0 Å². The molecule has 1 saturated carbocycles. The van der Waals surface area contributed by atoms with Crippen LogP contribution in [0.1, 0.15) is 37.3 Å². The van der Waals surface area contributed by atoms with E-state index in [2.05, 4.69) is 36.1 Å². The Balaban J connectivity index is 1.99. The molecule has 16 heavy (non-hydrogen) atoms. The van der Waals surface area contributed by atoms with Gasteiger partial charge in [-0.3, -0.25) is 4.90 Å². The zero-order valence-corrected chi connectivity index (χ0v) is 10.2. The van der Waals surface area contributed by atoms with Gasteiger partial charge in [0.1, 0.15) is 0 Å². The minimum atomic E-state index is 0.644. The molecule has 88 valence electrons. The Morgan fingerprint density at radius 3 is 2.69 bits per heavy atom. The van der Waals surface area contributed by atoms with Gasteiger partial charge in [-0.05, 0) is 36.9 Å². The predicted molar refractivity (Wildman–Crippen MR) is 68.1 cm³/mol. The van der Waals surface area contributed by atoms with Crippen molar-refractivity contribution in [2.24, 2.45) is 5.73 Å². The third kappa shape index (κ3) is 3.06. The summed E-state index contributed by atoms with van der Waals surface area (Å²) in [6.45, 7) is 5.21. The molecule has 0 amide bonds. The van der Waals surface area contributed by atoms with Gasteiger partial charge in [-0.25, -0.2) is 0 Å². The lowest BCUT2D eigenvalue weighted by Gasteiger charge is -2.21. The molecular weight excluding hydrogens is 196 g/mol. The van der Waals surface area contributed by atoms with Crippen molar-refractivity contribution in [1.82, 2.24) is 4.90 Å². The van der Waals surface area contributed by atoms with E-state index in [-0.39, 0.29) is 0 Å². The SMILES string of the molecule is CCCN(Cc1cccc(CN)c1)C1CC1. The largest absolute Gasteiger partial charge is 0.326 e. The lowest BCUT2D eigenvalue weighted by molar-refractivity contribution is 0.255. The van der Waals surface area contributed by atoms with Gasteiger partial charge in [0.05, 0.1) is 0 Å². The third-order valence-electron chi connectivity index (χ3n) is 3.19. The summed E-state index contributed by atoms with van der Waals surface area (Å²) in [5, 5.41) is 0. The van der Waals surface area contributed by atoms with E-state index in [1.165, 1.54) is 36.9 Å². The first kappa shape index (κ1) is 11.6. The molecule has 0 aliphatic heterocycles. The second-order valence-electron chi connectivity index (χ2n) is 4.73. The molecule has 1 aromatic carbocycles. The summed E-state index contributed by atoms with van der Waals surface area (Å²) >= 11 is 0. The average molecular weight is 218 g/mol. The van der Waals surface area contributed by atoms with E-state index >= 15 is 0 Å². The van der Waals surface area contributed by atoms with Crippen LogP contribution in [0.25, 0.3) is 0 Å². The number of hydrogen-bond acceptors (Lipinski definition) is 2. The number of hydrogen-bond donors (Lipinski definition) is 1. The predicted octanol–water partition coefficient (Wildman–Crippen LogP) is 2.52. The van der Waals surface area contributed by atoms with Gasteiger partial charge in [0, 0.05) is 19.1 Å². The Kier molecular flexibility index (Phi) is 3.97. The standard InChI is InChI=1S/C14H22N2/c1-2-8-16(14-6-7-14)11-13-5-3-4-12(9-13)10-15/h3-5,9,14H,2,6-8,10-11,15H2,1H3. The van der Waals surface area contributed by atoms with Gasteiger partial charge in [-0.15, -0.1) is 0 Å². The van der Waals surface area contributed by atoms with Gasteiger partial charge in [0.25, 0.3) is 0 Å². The highest BCUT2D eigenvalue weighted by Gasteiger charge is 2.28. The molecule has 0 heterocycles. The van der Waals surface area contributed by atoms with Gasteiger partial charge < -0.3 is 5.73 Å². The second kappa shape index (κ2) is 5.46. The highest BCUT2D eigenvalue weighted by atomic mass is 15.2. The van der Waals surface area contributed by atoms with Crippen LogP contribution < -0.4 is 5.73 Å². The summed E-state index contributed by atoms with van der Waals surface area (Å²) in [6.07, 6.45) is 4.01. The van der Waals surface area contributed by atoms with Crippen molar-refractivity contribution in [2.75, 3.05) is 6.54 Å². The van der Waals surface area contributed by atoms with Crippen LogP contribution in [0, 0.1) is 0 Å². The van der Waals surface area contributed by atoms with Crippen LogP contribution in [-0.4, -0.2) is 17.5 Å². The molecule has 2 rings (SSSR count). The molecule has 2 nitrogen and oxygen atoms in total. The lowest BCUT2D eigenvalue weighted by atomic mass is 10.1. The Bertz CT molecular complexity index is 331. The molecule has 1 aliphatic carbocycles. The van der Waals surface area contributed by atoms with Crippen LogP contribution in [0.3, 0.4) is 0 Å². The molecule has 0 atom stereocenters. The fourth-order valence-corrected chi connectivity index (χ4v) is 2.21. The summed E-state index contributed by atoms with van der Waals surface area (Å²) in [5.41, 5.74) is 8.31. The average Bonchev–Trinajstić information content (AvgIpc) is 3.13. The molecule has 1 aliphatic rings. The van der Waals surface area contributed by atoms with Gasteiger partial charge in [-0.2, -0.15) is 0 Å². The molecule has 0 unspecified atom stereocenters. The van der Waals surface area contributed by atoms with Crippen LogP contribution in [0.5, 0.6) is 0 Å². The topological polar surface area (TPSA) is 29.3 Å². The summed E-state index contributed by atoms with van der Waals surface area (Å²) in [5.74, 6) is 0. The van der Waals surface area contributed by atoms with E-state index in [0.29, 0.717) is 6.54 Å². The molecule has 0 bridgehead atoms. The number of benzene rings is 1. The maximum Gasteiger partial charge on any atom is 0.0236 e. The van der Waals surface area contributed by atoms with Crippen LogP contribution in [0.15, 0.2) is 24.3 Å². The zero-order chi connectivity index (χ0) is 11.4. The van der Waals surface area contributed by atoms with Crippen molar-refractivity contribution in [3.8, 4) is 0 Å². The molecule has 2 heteroatoms. The molecule has 0 aromatic heterocycles. The highest BCUT2D eigenvalue weighted by molar-refractivity contribution is 5.23. The smallest absolute Gasteiger partial charge is 0.0236 e. The van der Waals surface area contributed by atoms with Gasteiger partial charge in [0.2, 0.25) is 0 Å². The van der Waals surface area contributed by atoms with Crippen molar-refractivity contribution >= 4 is 0 Å². The van der Waals surface area contributed by atoms with Gasteiger partial charge in [-0.1, -0.05) is 31.2 Å². The summed E-state index contributed by atoms with van der Waals surface area (Å²) < 4.78 is 0. The van der Waals surface area contributed by atoms with E-state index in [9.17, 15) is 0 Å². The highest BCUT2D eigenvalue weighted by Crippen LogP contribution is 2.28. The summed E-state index contributed by atoms with van der Waals surface area (Å²) in [7, 11) is 0. The van der Waals surface area contributed by atoms with Crippen LogP contribution in [-0.2, 0) is 13.1 Å². The second-order valence-corrected chi connectivity index (χ2v) is 4.73. The molecular formula is C14H22N2. The van der Waals surface area contributed by atoms with Gasteiger partial charge >= 0.3 is 0 Å². The first-order chi connectivity index (χ1) is 7.83. The van der Waals surface area contributed by atoms with E-state index < -0.39 is 0 Å². The summed E-state index contributed by atoms with van der Waals surface area (Å²) in [4.78, 5) is 2.61. The molecule has 2 N–H and O–H groups in total. The molecule has 1 aromatic rings. The zero-order valence-electron chi connectivity index (χ0n) is 10.2. The Hall–Kier alpha value is -0.860. The molecule has 0 spiro atoms. The lowest BCUT2D eigenvalue weighted by Crippen LogP contribution is -2.26. The Morgan fingerprint density at radius 2 is 2.06 bits per heavy atom. The minimum Gasteiger partial charge on any atom is -0.326 e.